The molecule has 1 unspecified atom stereocenters. The molecule has 0 spiro atoms. The monoisotopic (exact) mass is 286 g/mol. The largest absolute Gasteiger partial charge is 0.357 e. The molecule has 1 rings (SSSR count). The maximum Gasteiger partial charge on any atom is 0.191 e. The molecule has 4 nitrogen and oxygen atoms in total. The molecule has 0 radical (unpaired) electrons. The van der Waals surface area contributed by atoms with Gasteiger partial charge in [0.2, 0.25) is 0 Å². The lowest BCUT2D eigenvalue weighted by Crippen LogP contribution is -2.41. The number of hydrogen-bond acceptors (Lipinski definition) is 3. The highest BCUT2D eigenvalue weighted by atomic mass is 32.2. The van der Waals surface area contributed by atoms with Gasteiger partial charge >= 0.3 is 0 Å². The van der Waals surface area contributed by atoms with Crippen LogP contribution in [-0.4, -0.2) is 61.1 Å². The molecule has 0 saturated carbocycles. The van der Waals surface area contributed by atoms with Crippen LogP contribution in [0.1, 0.15) is 33.6 Å². The number of aliphatic imine (C=N–C) groups is 1. The molecule has 1 aliphatic rings. The van der Waals surface area contributed by atoms with Crippen molar-refractivity contribution in [2.24, 2.45) is 4.99 Å². The molecule has 1 atom stereocenters. The summed E-state index contributed by atoms with van der Waals surface area (Å²) in [6.07, 6.45) is 2.63. The van der Waals surface area contributed by atoms with Crippen molar-refractivity contribution in [3.8, 4) is 0 Å². The summed E-state index contributed by atoms with van der Waals surface area (Å²) in [5, 5.41) is 6.74. The quantitative estimate of drug-likeness (QED) is 0.553. The van der Waals surface area contributed by atoms with Crippen molar-refractivity contribution in [1.82, 2.24) is 15.5 Å². The van der Waals surface area contributed by atoms with E-state index in [1.165, 1.54) is 18.6 Å². The molecule has 2 N–H and O–H groups in total. The summed E-state index contributed by atoms with van der Waals surface area (Å²) in [6.45, 7) is 11.5. The number of rotatable bonds is 7. The van der Waals surface area contributed by atoms with Gasteiger partial charge in [0.1, 0.15) is 0 Å². The topological polar surface area (TPSA) is 39.7 Å². The number of thioether (sulfide) groups is 1. The van der Waals surface area contributed by atoms with Crippen molar-refractivity contribution in [2.45, 2.75) is 38.4 Å². The van der Waals surface area contributed by atoms with E-state index in [0.717, 1.165) is 38.7 Å². The van der Waals surface area contributed by atoms with E-state index in [-0.39, 0.29) is 0 Å². The third-order valence-electron chi connectivity index (χ3n) is 3.54. The Kier molecular flexibility index (Phi) is 7.61. The molecule has 5 heteroatoms. The Morgan fingerprint density at radius 1 is 1.37 bits per heavy atom. The molecular formula is C14H30N4S. The van der Waals surface area contributed by atoms with Crippen molar-refractivity contribution >= 4 is 17.7 Å². The Morgan fingerprint density at radius 2 is 2.16 bits per heavy atom. The Balaban J connectivity index is 2.37. The van der Waals surface area contributed by atoms with E-state index in [1.807, 2.05) is 0 Å². The number of likely N-dealkylation sites (N-methyl/N-ethyl adjacent to an activating group) is 1. The summed E-state index contributed by atoms with van der Waals surface area (Å²) in [6, 6.07) is 0. The molecule has 1 fully saturated rings. The molecule has 1 saturated heterocycles. The molecule has 1 heterocycles. The molecule has 0 aromatic rings. The standard InChI is InChI=1S/C14H30N4S/c1-5-15-13(16-9-10-18(4)6-2)17-12-14(3)8-7-11-19-14/h5-12H2,1-4H3,(H2,15,16,17). The van der Waals surface area contributed by atoms with Crippen LogP contribution in [0.3, 0.4) is 0 Å². The van der Waals surface area contributed by atoms with Crippen molar-refractivity contribution in [1.29, 1.82) is 0 Å². The molecule has 0 amide bonds. The van der Waals surface area contributed by atoms with Crippen LogP contribution in [-0.2, 0) is 0 Å². The first-order chi connectivity index (χ1) is 9.09. The second kappa shape index (κ2) is 8.69. The molecule has 112 valence electrons. The fourth-order valence-corrected chi connectivity index (χ4v) is 3.30. The van der Waals surface area contributed by atoms with Gasteiger partial charge in [0.15, 0.2) is 5.96 Å². The van der Waals surface area contributed by atoms with Crippen molar-refractivity contribution in [3.63, 3.8) is 0 Å². The third-order valence-corrected chi connectivity index (χ3v) is 5.07. The van der Waals surface area contributed by atoms with Crippen LogP contribution in [0.15, 0.2) is 4.99 Å². The second-order valence-corrected chi connectivity index (χ2v) is 7.10. The minimum Gasteiger partial charge on any atom is -0.357 e. The SMILES string of the molecule is CCNC(=NCC1(C)CCCS1)NCCN(C)CC. The highest BCUT2D eigenvalue weighted by Gasteiger charge is 2.29. The van der Waals surface area contributed by atoms with Gasteiger partial charge in [-0.2, -0.15) is 11.8 Å². The van der Waals surface area contributed by atoms with E-state index in [0.29, 0.717) is 4.75 Å². The number of guanidine groups is 1. The highest BCUT2D eigenvalue weighted by molar-refractivity contribution is 8.00. The molecule has 19 heavy (non-hydrogen) atoms. The van der Waals surface area contributed by atoms with Crippen LogP contribution in [0.2, 0.25) is 0 Å². The maximum atomic E-state index is 4.74. The Bertz CT molecular complexity index is 275. The van der Waals surface area contributed by atoms with E-state index in [2.05, 4.69) is 55.1 Å². The zero-order chi connectivity index (χ0) is 14.1. The first kappa shape index (κ1) is 16.6. The number of nitrogens with one attached hydrogen (secondary N) is 2. The fourth-order valence-electron chi connectivity index (χ4n) is 2.07. The van der Waals surface area contributed by atoms with E-state index in [1.54, 1.807) is 0 Å². The average Bonchev–Trinajstić information content (AvgIpc) is 2.83. The zero-order valence-electron chi connectivity index (χ0n) is 13.0. The lowest BCUT2D eigenvalue weighted by atomic mass is 10.1. The molecular weight excluding hydrogens is 256 g/mol. The smallest absolute Gasteiger partial charge is 0.191 e. The minimum absolute atomic E-state index is 0.350. The van der Waals surface area contributed by atoms with Gasteiger partial charge in [-0.15, -0.1) is 0 Å². The third kappa shape index (κ3) is 6.52. The van der Waals surface area contributed by atoms with E-state index >= 15 is 0 Å². The van der Waals surface area contributed by atoms with Crippen LogP contribution in [0.25, 0.3) is 0 Å². The number of nitrogens with zero attached hydrogens (tertiary/aromatic N) is 2. The molecule has 0 bridgehead atoms. The first-order valence-electron chi connectivity index (χ1n) is 7.44. The summed E-state index contributed by atoms with van der Waals surface area (Å²) < 4.78 is 0.350. The van der Waals surface area contributed by atoms with E-state index in [4.69, 9.17) is 4.99 Å². The van der Waals surface area contributed by atoms with Crippen LogP contribution in [0, 0.1) is 0 Å². The Morgan fingerprint density at radius 3 is 2.74 bits per heavy atom. The van der Waals surface area contributed by atoms with Crippen molar-refractivity contribution < 1.29 is 0 Å². The van der Waals surface area contributed by atoms with Gasteiger partial charge in [-0.05, 0) is 46.0 Å². The van der Waals surface area contributed by atoms with Gasteiger partial charge in [-0.1, -0.05) is 6.92 Å². The normalized spacial score (nSPS) is 23.9. The van der Waals surface area contributed by atoms with Gasteiger partial charge in [0.25, 0.3) is 0 Å². The summed E-state index contributed by atoms with van der Waals surface area (Å²) in [7, 11) is 2.14. The first-order valence-corrected chi connectivity index (χ1v) is 8.43. The van der Waals surface area contributed by atoms with Crippen LogP contribution in [0.5, 0.6) is 0 Å². The van der Waals surface area contributed by atoms with Crippen LogP contribution >= 0.6 is 11.8 Å². The van der Waals surface area contributed by atoms with Crippen LogP contribution in [0.4, 0.5) is 0 Å². The van der Waals surface area contributed by atoms with Crippen molar-refractivity contribution in [2.75, 3.05) is 45.5 Å². The lowest BCUT2D eigenvalue weighted by molar-refractivity contribution is 0.357. The van der Waals surface area contributed by atoms with Gasteiger partial charge in [0.05, 0.1) is 6.54 Å². The van der Waals surface area contributed by atoms with E-state index < -0.39 is 0 Å². The lowest BCUT2D eigenvalue weighted by Gasteiger charge is -2.21. The van der Waals surface area contributed by atoms with Crippen LogP contribution < -0.4 is 10.6 Å². The van der Waals surface area contributed by atoms with Gasteiger partial charge in [0, 0.05) is 24.4 Å². The summed E-state index contributed by atoms with van der Waals surface area (Å²) in [4.78, 5) is 7.04. The molecule has 0 aliphatic carbocycles. The summed E-state index contributed by atoms with van der Waals surface area (Å²) in [5.41, 5.74) is 0. The highest BCUT2D eigenvalue weighted by Crippen LogP contribution is 2.37. The van der Waals surface area contributed by atoms with Crippen molar-refractivity contribution in [3.05, 3.63) is 0 Å². The van der Waals surface area contributed by atoms with Gasteiger partial charge in [-0.25, -0.2) is 0 Å². The van der Waals surface area contributed by atoms with Gasteiger partial charge in [-0.3, -0.25) is 4.99 Å². The predicted octanol–water partition coefficient (Wildman–Crippen LogP) is 1.78. The number of hydrogen-bond donors (Lipinski definition) is 2. The predicted molar refractivity (Wildman–Crippen MR) is 87.2 cm³/mol. The Labute approximate surface area is 122 Å². The summed E-state index contributed by atoms with van der Waals surface area (Å²) >= 11 is 2.07. The van der Waals surface area contributed by atoms with Gasteiger partial charge < -0.3 is 15.5 Å². The minimum atomic E-state index is 0.350. The average molecular weight is 286 g/mol. The van der Waals surface area contributed by atoms with E-state index in [9.17, 15) is 0 Å². The Hall–Kier alpha value is -0.420. The zero-order valence-corrected chi connectivity index (χ0v) is 13.8. The maximum absolute atomic E-state index is 4.74. The molecule has 1 aliphatic heterocycles. The summed E-state index contributed by atoms with van der Waals surface area (Å²) in [5.74, 6) is 2.25. The second-order valence-electron chi connectivity index (χ2n) is 5.42. The molecule has 0 aromatic carbocycles. The fraction of sp³-hybridized carbons (Fsp3) is 0.929. The molecule has 0 aromatic heterocycles.